The Morgan fingerprint density at radius 3 is 2.75 bits per heavy atom. The molecular weight excluding hydrogens is 336 g/mol. The number of thiazole rings is 1. The van der Waals surface area contributed by atoms with E-state index in [1.807, 2.05) is 6.92 Å². The highest BCUT2D eigenvalue weighted by Gasteiger charge is 2.03. The summed E-state index contributed by atoms with van der Waals surface area (Å²) >= 11 is 3.47. The molecule has 1 amide bonds. The van der Waals surface area contributed by atoms with Gasteiger partial charge in [0.25, 0.3) is 0 Å². The van der Waals surface area contributed by atoms with Gasteiger partial charge in [0.15, 0.2) is 0 Å². The number of carbonyl (C=O) groups excluding carboxylic acids is 1. The Kier molecular flexibility index (Phi) is 7.79. The van der Waals surface area contributed by atoms with Gasteiger partial charge in [-0.2, -0.15) is 0 Å². The Labute approximate surface area is 153 Å². The molecule has 1 heterocycles. The van der Waals surface area contributed by atoms with Gasteiger partial charge in [-0.1, -0.05) is 6.07 Å². The summed E-state index contributed by atoms with van der Waals surface area (Å²) in [6, 6.07) is 6.46. The van der Waals surface area contributed by atoms with Crippen molar-refractivity contribution in [2.24, 2.45) is 0 Å². The van der Waals surface area contributed by atoms with Gasteiger partial charge in [0, 0.05) is 34.7 Å². The number of nitrogens with one attached hydrogen (secondary N) is 1. The predicted octanol–water partition coefficient (Wildman–Crippen LogP) is 4.69. The molecule has 1 aromatic heterocycles. The van der Waals surface area contributed by atoms with Crippen molar-refractivity contribution in [2.75, 3.05) is 12.3 Å². The molecule has 24 heavy (non-hydrogen) atoms. The third kappa shape index (κ3) is 6.65. The van der Waals surface area contributed by atoms with Crippen LogP contribution in [0.4, 0.5) is 0 Å². The number of unbranched alkanes of at least 4 members (excludes halogenated alkanes) is 1. The first-order valence-electron chi connectivity index (χ1n) is 8.42. The van der Waals surface area contributed by atoms with Crippen LogP contribution in [0.15, 0.2) is 28.5 Å². The van der Waals surface area contributed by atoms with E-state index in [1.165, 1.54) is 21.0 Å². The van der Waals surface area contributed by atoms with E-state index in [2.05, 4.69) is 47.7 Å². The average Bonchev–Trinajstić information content (AvgIpc) is 2.96. The number of aromatic nitrogens is 1. The minimum absolute atomic E-state index is 0.149. The fraction of sp³-hybridized carbons (Fsp3) is 0.474. The molecule has 0 unspecified atom stereocenters. The van der Waals surface area contributed by atoms with Crippen molar-refractivity contribution in [3.63, 3.8) is 0 Å². The Balaban J connectivity index is 1.54. The van der Waals surface area contributed by atoms with Gasteiger partial charge < -0.3 is 5.32 Å². The number of thioether (sulfide) groups is 1. The van der Waals surface area contributed by atoms with E-state index in [1.54, 1.807) is 23.1 Å². The standard InChI is InChI=1S/C19H26N2OS2/c1-14-7-8-17(12-15(14)2)23-11-9-18(22)20-10-5-4-6-19-21-16(3)13-24-19/h7-8,12-13H,4-6,9-11H2,1-3H3,(H,20,22). The molecule has 0 spiro atoms. The van der Waals surface area contributed by atoms with Crippen molar-refractivity contribution in [1.29, 1.82) is 0 Å². The van der Waals surface area contributed by atoms with E-state index < -0.39 is 0 Å². The fourth-order valence-corrected chi connectivity index (χ4v) is 4.07. The third-order valence-electron chi connectivity index (χ3n) is 3.88. The maximum Gasteiger partial charge on any atom is 0.220 e. The van der Waals surface area contributed by atoms with Crippen LogP contribution in [0.5, 0.6) is 0 Å². The molecule has 1 N–H and O–H groups in total. The molecule has 3 nitrogen and oxygen atoms in total. The van der Waals surface area contributed by atoms with Crippen LogP contribution in [0.3, 0.4) is 0 Å². The van der Waals surface area contributed by atoms with Crippen LogP contribution in [0.2, 0.25) is 0 Å². The zero-order valence-corrected chi connectivity index (χ0v) is 16.4. The molecule has 0 atom stereocenters. The molecule has 1 aromatic carbocycles. The molecular formula is C19H26N2OS2. The van der Waals surface area contributed by atoms with Crippen LogP contribution in [0, 0.1) is 20.8 Å². The summed E-state index contributed by atoms with van der Waals surface area (Å²) in [7, 11) is 0. The lowest BCUT2D eigenvalue weighted by Crippen LogP contribution is -2.24. The van der Waals surface area contributed by atoms with Crippen LogP contribution in [-0.2, 0) is 11.2 Å². The van der Waals surface area contributed by atoms with Crippen LogP contribution in [0.25, 0.3) is 0 Å². The summed E-state index contributed by atoms with van der Waals surface area (Å²) in [5, 5.41) is 6.30. The summed E-state index contributed by atoms with van der Waals surface area (Å²) in [5.41, 5.74) is 3.72. The topological polar surface area (TPSA) is 42.0 Å². The molecule has 0 aliphatic rings. The second-order valence-corrected chi connectivity index (χ2v) is 8.15. The van der Waals surface area contributed by atoms with Crippen LogP contribution in [-0.4, -0.2) is 23.2 Å². The highest BCUT2D eigenvalue weighted by atomic mass is 32.2. The van der Waals surface area contributed by atoms with E-state index in [4.69, 9.17) is 0 Å². The zero-order chi connectivity index (χ0) is 17.4. The molecule has 0 saturated carbocycles. The summed E-state index contributed by atoms with van der Waals surface area (Å²) in [6.45, 7) is 7.03. The molecule has 0 radical (unpaired) electrons. The SMILES string of the molecule is Cc1csc(CCCCNC(=O)CCSc2ccc(C)c(C)c2)n1. The Bertz CT molecular complexity index is 667. The first-order valence-corrected chi connectivity index (χ1v) is 10.3. The van der Waals surface area contributed by atoms with Gasteiger partial charge >= 0.3 is 0 Å². The van der Waals surface area contributed by atoms with E-state index >= 15 is 0 Å². The number of rotatable bonds is 9. The number of aryl methyl sites for hydroxylation is 4. The second kappa shape index (κ2) is 9.84. The van der Waals surface area contributed by atoms with Crippen molar-refractivity contribution in [3.8, 4) is 0 Å². The molecule has 2 rings (SSSR count). The highest BCUT2D eigenvalue weighted by molar-refractivity contribution is 7.99. The van der Waals surface area contributed by atoms with Gasteiger partial charge in [-0.15, -0.1) is 23.1 Å². The van der Waals surface area contributed by atoms with Gasteiger partial charge in [0.1, 0.15) is 0 Å². The van der Waals surface area contributed by atoms with Gasteiger partial charge in [-0.3, -0.25) is 4.79 Å². The normalized spacial score (nSPS) is 10.8. The minimum Gasteiger partial charge on any atom is -0.356 e. The second-order valence-electron chi connectivity index (χ2n) is 6.03. The molecule has 0 saturated heterocycles. The van der Waals surface area contributed by atoms with Crippen LogP contribution < -0.4 is 5.32 Å². The van der Waals surface area contributed by atoms with Crippen molar-refractivity contribution in [2.45, 2.75) is 51.3 Å². The van der Waals surface area contributed by atoms with Gasteiger partial charge in [-0.05, 0) is 63.3 Å². The summed E-state index contributed by atoms with van der Waals surface area (Å²) in [5.74, 6) is 0.976. The van der Waals surface area contributed by atoms with Crippen molar-refractivity contribution in [3.05, 3.63) is 45.4 Å². The lowest BCUT2D eigenvalue weighted by molar-refractivity contribution is -0.120. The highest BCUT2D eigenvalue weighted by Crippen LogP contribution is 2.21. The average molecular weight is 363 g/mol. The van der Waals surface area contributed by atoms with Crippen molar-refractivity contribution in [1.82, 2.24) is 10.3 Å². The molecule has 0 bridgehead atoms. The smallest absolute Gasteiger partial charge is 0.220 e. The van der Waals surface area contributed by atoms with Gasteiger partial charge in [-0.25, -0.2) is 4.98 Å². The first kappa shape index (κ1) is 19.0. The number of carbonyl (C=O) groups is 1. The summed E-state index contributed by atoms with van der Waals surface area (Å²) in [6.07, 6.45) is 3.67. The Morgan fingerprint density at radius 1 is 1.21 bits per heavy atom. The number of hydrogen-bond acceptors (Lipinski definition) is 4. The number of benzene rings is 1. The van der Waals surface area contributed by atoms with Gasteiger partial charge in [0.05, 0.1) is 5.01 Å². The lowest BCUT2D eigenvalue weighted by atomic mass is 10.1. The largest absolute Gasteiger partial charge is 0.356 e. The van der Waals surface area contributed by atoms with E-state index in [-0.39, 0.29) is 5.91 Å². The van der Waals surface area contributed by atoms with Gasteiger partial charge in [0.2, 0.25) is 5.91 Å². The fourth-order valence-electron chi connectivity index (χ4n) is 2.30. The molecule has 0 aliphatic carbocycles. The molecule has 0 aliphatic heterocycles. The van der Waals surface area contributed by atoms with E-state index in [0.29, 0.717) is 6.42 Å². The molecule has 130 valence electrons. The number of nitrogens with zero attached hydrogens (tertiary/aromatic N) is 1. The maximum absolute atomic E-state index is 11.9. The maximum atomic E-state index is 11.9. The third-order valence-corrected chi connectivity index (χ3v) is 5.90. The predicted molar refractivity (Wildman–Crippen MR) is 104 cm³/mol. The summed E-state index contributed by atoms with van der Waals surface area (Å²) < 4.78 is 0. The van der Waals surface area contributed by atoms with E-state index in [0.717, 1.165) is 37.3 Å². The monoisotopic (exact) mass is 362 g/mol. The number of hydrogen-bond donors (Lipinski definition) is 1. The van der Waals surface area contributed by atoms with E-state index in [9.17, 15) is 4.79 Å². The lowest BCUT2D eigenvalue weighted by Gasteiger charge is -2.06. The summed E-state index contributed by atoms with van der Waals surface area (Å²) in [4.78, 5) is 17.5. The Hall–Kier alpha value is -1.33. The first-order chi connectivity index (χ1) is 11.5. The molecule has 0 fully saturated rings. The minimum atomic E-state index is 0.149. The Morgan fingerprint density at radius 2 is 2.04 bits per heavy atom. The van der Waals surface area contributed by atoms with Crippen molar-refractivity contribution >= 4 is 29.0 Å². The zero-order valence-electron chi connectivity index (χ0n) is 14.7. The van der Waals surface area contributed by atoms with Crippen LogP contribution in [0.1, 0.15) is 41.1 Å². The molecule has 5 heteroatoms. The van der Waals surface area contributed by atoms with Crippen LogP contribution >= 0.6 is 23.1 Å². The van der Waals surface area contributed by atoms with Crippen molar-refractivity contribution < 1.29 is 4.79 Å². The molecule has 2 aromatic rings. The number of amides is 1. The quantitative estimate of drug-likeness (QED) is 0.520.